The number of carboxylic acids is 1. The number of benzene rings is 2. The molecule has 2 aromatic carbocycles. The van der Waals surface area contributed by atoms with E-state index >= 15 is 0 Å². The quantitative estimate of drug-likeness (QED) is 0.777. The van der Waals surface area contributed by atoms with Gasteiger partial charge in [-0.1, -0.05) is 30.3 Å². The van der Waals surface area contributed by atoms with Crippen molar-refractivity contribution in [1.29, 1.82) is 0 Å². The minimum atomic E-state index is -1.06. The second-order valence-corrected chi connectivity index (χ2v) is 6.16. The van der Waals surface area contributed by atoms with Crippen LogP contribution in [0.4, 0.5) is 0 Å². The van der Waals surface area contributed by atoms with Crippen molar-refractivity contribution in [2.75, 3.05) is 6.61 Å². The molecule has 26 heavy (non-hydrogen) atoms. The number of carboxylic acid groups (broad SMARTS) is 1. The lowest BCUT2D eigenvalue weighted by Crippen LogP contribution is -2.10. The zero-order valence-electron chi connectivity index (χ0n) is 13.9. The first-order valence-corrected chi connectivity index (χ1v) is 8.32. The van der Waals surface area contributed by atoms with Gasteiger partial charge in [-0.15, -0.1) is 0 Å². The number of hydrogen-bond donors (Lipinski definition) is 1. The molecule has 5 nitrogen and oxygen atoms in total. The van der Waals surface area contributed by atoms with Crippen molar-refractivity contribution in [3.8, 4) is 5.75 Å². The summed E-state index contributed by atoms with van der Waals surface area (Å²) in [6, 6.07) is 14.7. The summed E-state index contributed by atoms with van der Waals surface area (Å²) in [7, 11) is 0. The lowest BCUT2D eigenvalue weighted by Gasteiger charge is -2.07. The number of ether oxygens (including phenoxy) is 1. The third-order valence-corrected chi connectivity index (χ3v) is 4.40. The molecule has 0 fully saturated rings. The number of rotatable bonds is 4. The van der Waals surface area contributed by atoms with Crippen LogP contribution < -0.4 is 10.2 Å². The molecule has 0 unspecified atom stereocenters. The maximum absolute atomic E-state index is 12.8. The van der Waals surface area contributed by atoms with E-state index in [4.69, 9.17) is 14.3 Å². The van der Waals surface area contributed by atoms with Crippen LogP contribution in [0.1, 0.15) is 23.3 Å². The van der Waals surface area contributed by atoms with E-state index in [1.165, 1.54) is 0 Å². The SMILES string of the molecule is O=C(O)COc1ccc2c(=O)c3c(oc2c1)C(=Cc1ccccc1)CC3. The van der Waals surface area contributed by atoms with Crippen molar-refractivity contribution < 1.29 is 19.1 Å². The molecule has 3 aromatic rings. The first-order valence-electron chi connectivity index (χ1n) is 8.32. The van der Waals surface area contributed by atoms with Crippen molar-refractivity contribution in [2.45, 2.75) is 12.8 Å². The zero-order valence-corrected chi connectivity index (χ0v) is 13.9. The summed E-state index contributed by atoms with van der Waals surface area (Å²) in [4.78, 5) is 23.4. The van der Waals surface area contributed by atoms with Crippen LogP contribution in [-0.2, 0) is 11.2 Å². The smallest absolute Gasteiger partial charge is 0.341 e. The molecule has 1 aliphatic carbocycles. The van der Waals surface area contributed by atoms with Gasteiger partial charge < -0.3 is 14.3 Å². The second-order valence-electron chi connectivity index (χ2n) is 6.16. The van der Waals surface area contributed by atoms with E-state index in [-0.39, 0.29) is 5.43 Å². The number of fused-ring (bicyclic) bond motifs is 2. The van der Waals surface area contributed by atoms with Crippen LogP contribution in [0.15, 0.2) is 57.7 Å². The summed E-state index contributed by atoms with van der Waals surface area (Å²) in [5.74, 6) is -0.0927. The molecule has 130 valence electrons. The van der Waals surface area contributed by atoms with E-state index in [0.717, 1.165) is 17.6 Å². The van der Waals surface area contributed by atoms with Gasteiger partial charge in [0.05, 0.1) is 5.39 Å². The molecular weight excluding hydrogens is 332 g/mol. The van der Waals surface area contributed by atoms with Crippen LogP contribution in [0.3, 0.4) is 0 Å². The minimum Gasteiger partial charge on any atom is -0.482 e. The van der Waals surface area contributed by atoms with E-state index in [1.807, 2.05) is 36.4 Å². The predicted molar refractivity (Wildman–Crippen MR) is 98.2 cm³/mol. The van der Waals surface area contributed by atoms with Crippen LogP contribution >= 0.6 is 0 Å². The lowest BCUT2D eigenvalue weighted by molar-refractivity contribution is -0.139. The van der Waals surface area contributed by atoms with Crippen molar-refractivity contribution in [2.24, 2.45) is 0 Å². The molecule has 0 aliphatic heterocycles. The molecule has 0 spiro atoms. The normalized spacial score (nSPS) is 14.5. The lowest BCUT2D eigenvalue weighted by atomic mass is 10.1. The van der Waals surface area contributed by atoms with Gasteiger partial charge in [-0.3, -0.25) is 4.79 Å². The fourth-order valence-electron chi connectivity index (χ4n) is 3.19. The molecule has 0 amide bonds. The Hall–Kier alpha value is -3.34. The van der Waals surface area contributed by atoms with Gasteiger partial charge in [0.2, 0.25) is 0 Å². The van der Waals surface area contributed by atoms with Gasteiger partial charge in [-0.05, 0) is 42.2 Å². The van der Waals surface area contributed by atoms with Crippen LogP contribution in [0, 0.1) is 0 Å². The maximum Gasteiger partial charge on any atom is 0.341 e. The standard InChI is InChI=1S/C21H16O5/c22-19(23)12-25-15-7-9-16-18(11-15)26-21-14(6-8-17(21)20(16)24)10-13-4-2-1-3-5-13/h1-5,7,9-11H,6,8,12H2,(H,22,23). The Bertz CT molecular complexity index is 1080. The van der Waals surface area contributed by atoms with Gasteiger partial charge in [-0.25, -0.2) is 4.79 Å². The largest absolute Gasteiger partial charge is 0.482 e. The fraction of sp³-hybridized carbons (Fsp3) is 0.143. The Kier molecular flexibility index (Phi) is 4.05. The Balaban J connectivity index is 1.79. The second kappa shape index (κ2) is 6.52. The fourth-order valence-corrected chi connectivity index (χ4v) is 3.19. The first-order chi connectivity index (χ1) is 12.6. The summed E-state index contributed by atoms with van der Waals surface area (Å²) < 4.78 is 11.2. The molecule has 0 radical (unpaired) electrons. The monoisotopic (exact) mass is 348 g/mol. The van der Waals surface area contributed by atoms with Crippen LogP contribution in [0.25, 0.3) is 22.6 Å². The Morgan fingerprint density at radius 2 is 1.96 bits per heavy atom. The molecule has 0 bridgehead atoms. The summed E-state index contributed by atoms with van der Waals surface area (Å²) in [6.07, 6.45) is 3.44. The van der Waals surface area contributed by atoms with E-state index in [9.17, 15) is 9.59 Å². The topological polar surface area (TPSA) is 76.7 Å². The highest BCUT2D eigenvalue weighted by atomic mass is 16.5. The number of carbonyl (C=O) groups is 1. The summed E-state index contributed by atoms with van der Waals surface area (Å²) >= 11 is 0. The summed E-state index contributed by atoms with van der Waals surface area (Å²) in [5.41, 5.74) is 3.09. The van der Waals surface area contributed by atoms with Crippen molar-refractivity contribution in [3.05, 3.63) is 75.6 Å². The number of hydrogen-bond acceptors (Lipinski definition) is 4. The van der Waals surface area contributed by atoms with Crippen LogP contribution in [0.2, 0.25) is 0 Å². The molecule has 0 saturated heterocycles. The van der Waals surface area contributed by atoms with Gasteiger partial charge in [0.15, 0.2) is 12.0 Å². The van der Waals surface area contributed by atoms with E-state index in [2.05, 4.69) is 0 Å². The highest BCUT2D eigenvalue weighted by Crippen LogP contribution is 2.34. The first kappa shape index (κ1) is 16.1. The molecule has 4 rings (SSSR count). The highest BCUT2D eigenvalue weighted by Gasteiger charge is 2.24. The van der Waals surface area contributed by atoms with Crippen LogP contribution in [-0.4, -0.2) is 17.7 Å². The van der Waals surface area contributed by atoms with Gasteiger partial charge in [-0.2, -0.15) is 0 Å². The van der Waals surface area contributed by atoms with Crippen molar-refractivity contribution >= 4 is 28.6 Å². The number of allylic oxidation sites excluding steroid dienone is 1. The molecule has 1 aliphatic rings. The minimum absolute atomic E-state index is 0.0394. The summed E-state index contributed by atoms with van der Waals surface area (Å²) in [5, 5.41) is 9.21. The number of aliphatic carboxylic acids is 1. The molecule has 0 atom stereocenters. The zero-order chi connectivity index (χ0) is 18.1. The average molecular weight is 348 g/mol. The Morgan fingerprint density at radius 1 is 1.15 bits per heavy atom. The maximum atomic E-state index is 12.8. The molecule has 1 aromatic heterocycles. The van der Waals surface area contributed by atoms with Gasteiger partial charge in [0, 0.05) is 11.6 Å². The average Bonchev–Trinajstić information content (AvgIpc) is 3.04. The van der Waals surface area contributed by atoms with Gasteiger partial charge in [0.1, 0.15) is 17.1 Å². The third-order valence-electron chi connectivity index (χ3n) is 4.40. The van der Waals surface area contributed by atoms with Crippen molar-refractivity contribution in [3.63, 3.8) is 0 Å². The molecule has 1 heterocycles. The third kappa shape index (κ3) is 2.99. The molecule has 1 N–H and O–H groups in total. The van der Waals surface area contributed by atoms with Crippen LogP contribution in [0.5, 0.6) is 5.75 Å². The summed E-state index contributed by atoms with van der Waals surface area (Å²) in [6.45, 7) is -0.445. The molecular formula is C21H16O5. The van der Waals surface area contributed by atoms with E-state index < -0.39 is 12.6 Å². The Morgan fingerprint density at radius 3 is 2.73 bits per heavy atom. The highest BCUT2D eigenvalue weighted by molar-refractivity contribution is 5.87. The van der Waals surface area contributed by atoms with Crippen molar-refractivity contribution in [1.82, 2.24) is 0 Å². The van der Waals surface area contributed by atoms with Gasteiger partial charge in [0.25, 0.3) is 0 Å². The Labute approximate surface area is 149 Å². The molecule has 5 heteroatoms. The molecule has 0 saturated carbocycles. The van der Waals surface area contributed by atoms with E-state index in [1.54, 1.807) is 18.2 Å². The van der Waals surface area contributed by atoms with E-state index in [0.29, 0.717) is 34.5 Å². The predicted octanol–water partition coefficient (Wildman–Crippen LogP) is 3.74. The van der Waals surface area contributed by atoms with Gasteiger partial charge >= 0.3 is 5.97 Å².